The van der Waals surface area contributed by atoms with E-state index in [0.29, 0.717) is 37.3 Å². The van der Waals surface area contributed by atoms with Crippen molar-refractivity contribution in [2.45, 2.75) is 0 Å². The maximum atomic E-state index is 12.9. The number of nitrogens with one attached hydrogen (secondary N) is 2. The summed E-state index contributed by atoms with van der Waals surface area (Å²) < 4.78 is 18.3. The van der Waals surface area contributed by atoms with E-state index in [2.05, 4.69) is 63.6 Å². The third kappa shape index (κ3) is 7.02. The van der Waals surface area contributed by atoms with Crippen LogP contribution >= 0.6 is 47.8 Å². The lowest BCUT2D eigenvalue weighted by Gasteiger charge is -2.11. The Labute approximate surface area is 259 Å². The number of halogens is 3. The zero-order valence-corrected chi connectivity index (χ0v) is 25.6. The number of ether oxygens (including phenoxy) is 3. The second-order valence-corrected chi connectivity index (χ2v) is 11.2. The number of nitrogens with zero attached hydrogens (tertiary/aromatic N) is 1. The van der Waals surface area contributed by atoms with Crippen LogP contribution in [0.1, 0.15) is 36.6 Å². The molecule has 1 heterocycles. The van der Waals surface area contributed by atoms with E-state index in [9.17, 15) is 14.4 Å². The zero-order chi connectivity index (χ0) is 28.9. The van der Waals surface area contributed by atoms with Crippen LogP contribution in [0.4, 0.5) is 5.69 Å². The Balaban J connectivity index is 1.27. The number of hydrazone groups is 1. The predicted octanol–water partition coefficient (Wildman–Crippen LogP) is 6.94. The van der Waals surface area contributed by atoms with Crippen LogP contribution in [-0.4, -0.2) is 30.8 Å². The van der Waals surface area contributed by atoms with Crippen molar-refractivity contribution in [3.63, 3.8) is 0 Å². The molecule has 0 saturated carbocycles. The molecule has 4 aromatic rings. The van der Waals surface area contributed by atoms with Crippen LogP contribution in [0.25, 0.3) is 0 Å². The fraction of sp³-hybridized carbons (Fsp3) is 0.0345. The quantitative estimate of drug-likeness (QED) is 0.0918. The number of carbonyl (C=O) groups excluding carboxylic acids is 3. The van der Waals surface area contributed by atoms with E-state index in [-0.39, 0.29) is 29.6 Å². The maximum absolute atomic E-state index is 12.9. The van der Waals surface area contributed by atoms with Crippen LogP contribution in [0.3, 0.4) is 0 Å². The van der Waals surface area contributed by atoms with Gasteiger partial charge in [0.25, 0.3) is 11.8 Å². The van der Waals surface area contributed by atoms with Crippen LogP contribution in [0, 0.1) is 0 Å². The summed E-state index contributed by atoms with van der Waals surface area (Å²) in [5.41, 5.74) is 4.34. The Hall–Kier alpha value is -4.00. The highest BCUT2D eigenvalue weighted by atomic mass is 79.9. The average molecular weight is 744 g/mol. The molecule has 0 radical (unpaired) electrons. The Bertz CT molecular complexity index is 1690. The molecule has 0 saturated heterocycles. The highest BCUT2D eigenvalue weighted by Gasteiger charge is 2.20. The van der Waals surface area contributed by atoms with Crippen molar-refractivity contribution >= 4 is 77.5 Å². The molecule has 206 valence electrons. The van der Waals surface area contributed by atoms with Gasteiger partial charge in [0.15, 0.2) is 17.2 Å². The molecule has 2 N–H and O–H groups in total. The summed E-state index contributed by atoms with van der Waals surface area (Å²) in [4.78, 5) is 38.2. The fourth-order valence-electron chi connectivity index (χ4n) is 3.73. The molecule has 12 heteroatoms. The molecule has 1 aliphatic rings. The van der Waals surface area contributed by atoms with Gasteiger partial charge in [-0.3, -0.25) is 9.59 Å². The third-order valence-electron chi connectivity index (χ3n) is 5.70. The number of carbonyl (C=O) groups is 3. The van der Waals surface area contributed by atoms with Crippen LogP contribution in [0.15, 0.2) is 97.4 Å². The molecular weight excluding hydrogens is 726 g/mol. The molecule has 0 unspecified atom stereocenters. The standard InChI is InChI=1S/C29H18Br3N3O6/c30-20-7-4-16(5-8-20)27(36)34-22-3-1-2-17(11-22)28(37)35-33-14-19-10-21(31)13-23(32)26(19)41-29(38)18-6-9-24-25(12-18)40-15-39-24/h1-14H,15H2,(H,34,36)(H,35,37). The van der Waals surface area contributed by atoms with Gasteiger partial charge in [0.05, 0.1) is 16.3 Å². The van der Waals surface area contributed by atoms with E-state index in [1.807, 2.05) is 0 Å². The molecule has 41 heavy (non-hydrogen) atoms. The molecule has 9 nitrogen and oxygen atoms in total. The molecule has 4 aromatic carbocycles. The van der Waals surface area contributed by atoms with Crippen molar-refractivity contribution < 1.29 is 28.6 Å². The van der Waals surface area contributed by atoms with Gasteiger partial charge in [0.2, 0.25) is 6.79 Å². The summed E-state index contributed by atoms with van der Waals surface area (Å²) in [6, 6.07) is 21.5. The van der Waals surface area contributed by atoms with Gasteiger partial charge in [-0.15, -0.1) is 0 Å². The second kappa shape index (κ2) is 12.7. The minimum atomic E-state index is -0.619. The molecule has 0 fully saturated rings. The van der Waals surface area contributed by atoms with E-state index >= 15 is 0 Å². The fourth-order valence-corrected chi connectivity index (χ4v) is 5.33. The zero-order valence-electron chi connectivity index (χ0n) is 20.8. The molecule has 2 amide bonds. The van der Waals surface area contributed by atoms with Gasteiger partial charge >= 0.3 is 5.97 Å². The number of rotatable bonds is 7. The molecule has 0 aliphatic carbocycles. The van der Waals surface area contributed by atoms with E-state index in [1.54, 1.807) is 72.8 Å². The minimum absolute atomic E-state index is 0.0867. The first-order chi connectivity index (χ1) is 19.8. The number of esters is 1. The van der Waals surface area contributed by atoms with Crippen molar-refractivity contribution in [3.05, 3.63) is 115 Å². The lowest BCUT2D eigenvalue weighted by Crippen LogP contribution is -2.18. The molecular formula is C29H18Br3N3O6. The minimum Gasteiger partial charge on any atom is -0.454 e. The van der Waals surface area contributed by atoms with Gasteiger partial charge in [-0.2, -0.15) is 5.10 Å². The van der Waals surface area contributed by atoms with Crippen molar-refractivity contribution in [1.82, 2.24) is 5.43 Å². The van der Waals surface area contributed by atoms with Gasteiger partial charge in [0.1, 0.15) is 0 Å². The van der Waals surface area contributed by atoms with Gasteiger partial charge in [-0.05, 0) is 88.7 Å². The van der Waals surface area contributed by atoms with Gasteiger partial charge < -0.3 is 19.5 Å². The van der Waals surface area contributed by atoms with Crippen LogP contribution in [0.2, 0.25) is 0 Å². The number of benzene rings is 4. The monoisotopic (exact) mass is 741 g/mol. The maximum Gasteiger partial charge on any atom is 0.343 e. The highest BCUT2D eigenvalue weighted by Crippen LogP contribution is 2.35. The summed E-state index contributed by atoms with van der Waals surface area (Å²) >= 11 is 10.2. The first-order valence-electron chi connectivity index (χ1n) is 11.9. The normalized spacial score (nSPS) is 11.8. The van der Waals surface area contributed by atoms with E-state index < -0.39 is 11.9 Å². The summed E-state index contributed by atoms with van der Waals surface area (Å²) in [6.45, 7) is 0.0867. The van der Waals surface area contributed by atoms with Crippen LogP contribution < -0.4 is 25.0 Å². The van der Waals surface area contributed by atoms with Crippen LogP contribution in [-0.2, 0) is 0 Å². The number of hydrogen-bond acceptors (Lipinski definition) is 7. The molecule has 5 rings (SSSR count). The number of hydrogen-bond donors (Lipinski definition) is 2. The Kier molecular flexibility index (Phi) is 8.81. The lowest BCUT2D eigenvalue weighted by molar-refractivity contribution is 0.0732. The topological polar surface area (TPSA) is 115 Å². The van der Waals surface area contributed by atoms with Gasteiger partial charge in [-0.25, -0.2) is 10.2 Å². The summed E-state index contributed by atoms with van der Waals surface area (Å²) in [5, 5.41) is 6.82. The predicted molar refractivity (Wildman–Crippen MR) is 163 cm³/mol. The number of amides is 2. The van der Waals surface area contributed by atoms with Crippen molar-refractivity contribution in [2.24, 2.45) is 5.10 Å². The first kappa shape index (κ1) is 28.5. The van der Waals surface area contributed by atoms with Gasteiger partial charge in [0, 0.05) is 31.3 Å². The summed E-state index contributed by atoms with van der Waals surface area (Å²) in [7, 11) is 0. The number of fused-ring (bicyclic) bond motifs is 1. The first-order valence-corrected chi connectivity index (χ1v) is 14.3. The molecule has 0 aromatic heterocycles. The van der Waals surface area contributed by atoms with E-state index in [0.717, 1.165) is 4.47 Å². The highest BCUT2D eigenvalue weighted by molar-refractivity contribution is 9.11. The van der Waals surface area contributed by atoms with Crippen molar-refractivity contribution in [3.8, 4) is 17.2 Å². The van der Waals surface area contributed by atoms with E-state index in [4.69, 9.17) is 14.2 Å². The van der Waals surface area contributed by atoms with E-state index in [1.165, 1.54) is 12.3 Å². The molecule has 0 spiro atoms. The van der Waals surface area contributed by atoms with Crippen molar-refractivity contribution in [1.29, 1.82) is 0 Å². The SMILES string of the molecule is O=C(NN=Cc1cc(Br)cc(Br)c1OC(=O)c1ccc2c(c1)OCO2)c1cccc(NC(=O)c2ccc(Br)cc2)c1. The smallest absolute Gasteiger partial charge is 0.343 e. The Morgan fingerprint density at radius 1 is 0.780 bits per heavy atom. The average Bonchev–Trinajstić information content (AvgIpc) is 3.43. The van der Waals surface area contributed by atoms with Gasteiger partial charge in [-0.1, -0.05) is 37.9 Å². The van der Waals surface area contributed by atoms with Crippen molar-refractivity contribution in [2.75, 3.05) is 12.1 Å². The summed E-state index contributed by atoms with van der Waals surface area (Å²) in [5.74, 6) is -0.230. The van der Waals surface area contributed by atoms with Crippen LogP contribution in [0.5, 0.6) is 17.2 Å². The molecule has 0 atom stereocenters. The lowest BCUT2D eigenvalue weighted by atomic mass is 10.1. The third-order valence-corrected chi connectivity index (χ3v) is 7.27. The Morgan fingerprint density at radius 3 is 2.34 bits per heavy atom. The molecule has 1 aliphatic heterocycles. The Morgan fingerprint density at radius 2 is 1.54 bits per heavy atom. The largest absolute Gasteiger partial charge is 0.454 e. The molecule has 0 bridgehead atoms. The summed E-state index contributed by atoms with van der Waals surface area (Å²) in [6.07, 6.45) is 1.36. The second-order valence-electron chi connectivity index (χ2n) is 8.50. The number of anilines is 1.